The van der Waals surface area contributed by atoms with Crippen LogP contribution in [0.1, 0.15) is 37.3 Å². The molecule has 9 heteroatoms. The van der Waals surface area contributed by atoms with Crippen molar-refractivity contribution in [2.45, 2.75) is 31.6 Å². The summed E-state index contributed by atoms with van der Waals surface area (Å²) in [7, 11) is 1.83. The largest absolute Gasteiger partial charge is 0.443 e. The minimum Gasteiger partial charge on any atom is -0.443 e. The minimum absolute atomic E-state index is 0.155. The Morgan fingerprint density at radius 2 is 2.10 bits per heavy atom. The fraction of sp³-hybridized carbons (Fsp3) is 0.286. The highest BCUT2D eigenvalue weighted by Crippen LogP contribution is 2.38. The first-order valence-electron chi connectivity index (χ1n) is 9.74. The SMILES string of the molecule is Cn1ccc(-c2nc(N)c(C3CCCCC3=O)nc2-c2cc(Cl)c3ncoc3c2)n1. The van der Waals surface area contributed by atoms with E-state index in [4.69, 9.17) is 26.7 Å². The molecule has 3 heterocycles. The van der Waals surface area contributed by atoms with Gasteiger partial charge in [-0.3, -0.25) is 9.48 Å². The molecule has 0 spiro atoms. The molecule has 30 heavy (non-hydrogen) atoms. The zero-order chi connectivity index (χ0) is 20.8. The number of ketones is 1. The summed E-state index contributed by atoms with van der Waals surface area (Å²) in [4.78, 5) is 26.2. The predicted octanol–water partition coefficient (Wildman–Crippen LogP) is 4.15. The summed E-state index contributed by atoms with van der Waals surface area (Å²) >= 11 is 6.43. The first-order chi connectivity index (χ1) is 14.5. The third-order valence-electron chi connectivity index (χ3n) is 5.46. The number of anilines is 1. The monoisotopic (exact) mass is 422 g/mol. The summed E-state index contributed by atoms with van der Waals surface area (Å²) in [5, 5.41) is 4.90. The zero-order valence-electron chi connectivity index (χ0n) is 16.3. The van der Waals surface area contributed by atoms with Gasteiger partial charge < -0.3 is 10.2 Å². The van der Waals surface area contributed by atoms with Crippen LogP contribution >= 0.6 is 11.6 Å². The standard InChI is InChI=1S/C21H19ClN6O2/c1-28-7-6-14(27-28)20-17(11-8-13(22)19-16(9-11)30-10-24-19)25-18(21(23)26-20)12-4-2-3-5-15(12)29/h6-10,12H,2-5H2,1H3,(H2,23,26). The summed E-state index contributed by atoms with van der Waals surface area (Å²) in [5.74, 6) is 0.0706. The molecule has 2 N–H and O–H groups in total. The fourth-order valence-electron chi connectivity index (χ4n) is 3.97. The van der Waals surface area contributed by atoms with E-state index in [1.807, 2.05) is 25.4 Å². The van der Waals surface area contributed by atoms with Crippen molar-refractivity contribution < 1.29 is 9.21 Å². The van der Waals surface area contributed by atoms with Gasteiger partial charge in [0.15, 0.2) is 12.0 Å². The average Bonchev–Trinajstić information content (AvgIpc) is 3.37. The highest BCUT2D eigenvalue weighted by molar-refractivity contribution is 6.35. The van der Waals surface area contributed by atoms with Gasteiger partial charge in [0.25, 0.3) is 0 Å². The van der Waals surface area contributed by atoms with Gasteiger partial charge in [0.2, 0.25) is 0 Å². The Bertz CT molecular complexity index is 1280. The summed E-state index contributed by atoms with van der Waals surface area (Å²) < 4.78 is 7.14. The average molecular weight is 423 g/mol. The highest BCUT2D eigenvalue weighted by Gasteiger charge is 2.29. The summed E-state index contributed by atoms with van der Waals surface area (Å²) in [5.41, 5.74) is 10.3. The molecule has 8 nitrogen and oxygen atoms in total. The molecule has 0 aliphatic heterocycles. The topological polar surface area (TPSA) is 113 Å². The Balaban J connectivity index is 1.75. The maximum atomic E-state index is 12.6. The number of hydrogen-bond acceptors (Lipinski definition) is 7. The van der Waals surface area contributed by atoms with E-state index >= 15 is 0 Å². The number of nitrogens with two attached hydrogens (primary N) is 1. The van der Waals surface area contributed by atoms with Crippen molar-refractivity contribution in [3.8, 4) is 22.6 Å². The molecule has 152 valence electrons. The number of Topliss-reactive ketones (excluding diaryl/α,β-unsaturated/α-hetero) is 1. The predicted molar refractivity (Wildman–Crippen MR) is 113 cm³/mol. The van der Waals surface area contributed by atoms with Crippen molar-refractivity contribution >= 4 is 34.3 Å². The molecular weight excluding hydrogens is 404 g/mol. The van der Waals surface area contributed by atoms with E-state index in [9.17, 15) is 4.79 Å². The van der Waals surface area contributed by atoms with Crippen LogP contribution < -0.4 is 5.73 Å². The minimum atomic E-state index is -0.340. The molecule has 1 aliphatic carbocycles. The number of benzene rings is 1. The molecule has 3 aromatic heterocycles. The lowest BCUT2D eigenvalue weighted by molar-refractivity contribution is -0.121. The number of aryl methyl sites for hydroxylation is 1. The van der Waals surface area contributed by atoms with Crippen molar-refractivity contribution in [3.05, 3.63) is 41.5 Å². The van der Waals surface area contributed by atoms with Gasteiger partial charge in [-0.1, -0.05) is 18.0 Å². The van der Waals surface area contributed by atoms with Crippen LogP contribution in [0.15, 0.2) is 35.2 Å². The Morgan fingerprint density at radius 3 is 2.87 bits per heavy atom. The number of carbonyl (C=O) groups is 1. The van der Waals surface area contributed by atoms with Crippen LogP contribution in [0.5, 0.6) is 0 Å². The lowest BCUT2D eigenvalue weighted by atomic mass is 9.85. The molecule has 0 radical (unpaired) electrons. The molecule has 1 saturated carbocycles. The Kier molecular flexibility index (Phi) is 4.51. The number of oxazole rings is 1. The van der Waals surface area contributed by atoms with Gasteiger partial charge in [0, 0.05) is 25.2 Å². The molecule has 1 aliphatic rings. The molecule has 1 aromatic carbocycles. The van der Waals surface area contributed by atoms with E-state index in [0.29, 0.717) is 50.9 Å². The molecule has 1 atom stereocenters. The van der Waals surface area contributed by atoms with Gasteiger partial charge in [-0.15, -0.1) is 0 Å². The molecule has 1 fully saturated rings. The maximum absolute atomic E-state index is 12.6. The van der Waals surface area contributed by atoms with E-state index in [-0.39, 0.29) is 17.5 Å². The second kappa shape index (κ2) is 7.21. The van der Waals surface area contributed by atoms with Crippen molar-refractivity contribution in [1.82, 2.24) is 24.7 Å². The molecule has 0 saturated heterocycles. The first kappa shape index (κ1) is 18.7. The number of nitrogen functional groups attached to an aromatic ring is 1. The number of carbonyl (C=O) groups excluding carboxylic acids is 1. The molecule has 5 rings (SSSR count). The summed E-state index contributed by atoms with van der Waals surface area (Å²) in [6, 6.07) is 5.42. The van der Waals surface area contributed by atoms with Crippen LogP contribution in [0.4, 0.5) is 5.82 Å². The zero-order valence-corrected chi connectivity index (χ0v) is 17.1. The number of hydrogen-bond donors (Lipinski definition) is 1. The first-order valence-corrected chi connectivity index (χ1v) is 10.1. The van der Waals surface area contributed by atoms with Gasteiger partial charge in [-0.05, 0) is 31.0 Å². The van der Waals surface area contributed by atoms with Crippen LogP contribution in [-0.4, -0.2) is 30.5 Å². The van der Waals surface area contributed by atoms with Crippen LogP contribution in [-0.2, 0) is 11.8 Å². The van der Waals surface area contributed by atoms with Crippen LogP contribution in [0, 0.1) is 0 Å². The van der Waals surface area contributed by atoms with Crippen molar-refractivity contribution in [3.63, 3.8) is 0 Å². The van der Waals surface area contributed by atoms with Crippen molar-refractivity contribution in [1.29, 1.82) is 0 Å². The van der Waals surface area contributed by atoms with E-state index in [2.05, 4.69) is 15.1 Å². The van der Waals surface area contributed by atoms with Crippen LogP contribution in [0.3, 0.4) is 0 Å². The smallest absolute Gasteiger partial charge is 0.182 e. The van der Waals surface area contributed by atoms with Gasteiger partial charge >= 0.3 is 0 Å². The fourth-order valence-corrected chi connectivity index (χ4v) is 4.23. The number of nitrogens with zero attached hydrogens (tertiary/aromatic N) is 5. The molecule has 0 bridgehead atoms. The highest BCUT2D eigenvalue weighted by atomic mass is 35.5. The normalized spacial score (nSPS) is 17.0. The molecule has 0 amide bonds. The summed E-state index contributed by atoms with van der Waals surface area (Å²) in [6.07, 6.45) is 6.30. The molecular formula is C21H19ClN6O2. The van der Waals surface area contributed by atoms with Gasteiger partial charge in [0.05, 0.1) is 22.3 Å². The number of aromatic nitrogens is 5. The molecule has 4 aromatic rings. The van der Waals surface area contributed by atoms with E-state index in [1.54, 1.807) is 10.7 Å². The lowest BCUT2D eigenvalue weighted by Gasteiger charge is -2.22. The third kappa shape index (κ3) is 3.13. The van der Waals surface area contributed by atoms with Gasteiger partial charge in [0.1, 0.15) is 28.5 Å². The second-order valence-corrected chi connectivity index (χ2v) is 7.90. The second-order valence-electron chi connectivity index (χ2n) is 7.49. The summed E-state index contributed by atoms with van der Waals surface area (Å²) in [6.45, 7) is 0. The van der Waals surface area contributed by atoms with E-state index < -0.39 is 0 Å². The third-order valence-corrected chi connectivity index (χ3v) is 5.74. The number of halogens is 1. The Labute approximate surface area is 177 Å². The Hall–Kier alpha value is -3.26. The van der Waals surface area contributed by atoms with E-state index in [0.717, 1.165) is 19.3 Å². The van der Waals surface area contributed by atoms with Crippen LogP contribution in [0.2, 0.25) is 5.02 Å². The van der Waals surface area contributed by atoms with E-state index in [1.165, 1.54) is 6.39 Å². The van der Waals surface area contributed by atoms with Crippen molar-refractivity contribution in [2.24, 2.45) is 7.05 Å². The van der Waals surface area contributed by atoms with Gasteiger partial charge in [-0.2, -0.15) is 5.10 Å². The number of fused-ring (bicyclic) bond motifs is 1. The molecule has 1 unspecified atom stereocenters. The lowest BCUT2D eigenvalue weighted by Crippen LogP contribution is -2.20. The Morgan fingerprint density at radius 1 is 1.23 bits per heavy atom. The number of rotatable bonds is 3. The van der Waals surface area contributed by atoms with Crippen LogP contribution in [0.25, 0.3) is 33.7 Å². The maximum Gasteiger partial charge on any atom is 0.182 e. The van der Waals surface area contributed by atoms with Crippen molar-refractivity contribution in [2.75, 3.05) is 5.73 Å². The quantitative estimate of drug-likeness (QED) is 0.527. The van der Waals surface area contributed by atoms with Gasteiger partial charge in [-0.25, -0.2) is 15.0 Å².